The molecule has 0 amide bonds. The van der Waals surface area contributed by atoms with Crippen LogP contribution in [0.15, 0.2) is 47.9 Å². The van der Waals surface area contributed by atoms with Gasteiger partial charge in [-0.3, -0.25) is 0 Å². The summed E-state index contributed by atoms with van der Waals surface area (Å²) in [4.78, 5) is 2.17. The molecule has 0 aliphatic carbocycles. The van der Waals surface area contributed by atoms with Gasteiger partial charge in [-0.25, -0.2) is 17.3 Å². The van der Waals surface area contributed by atoms with Gasteiger partial charge in [0, 0.05) is 31.0 Å². The molecular weight excluding hydrogens is 481 g/mol. The van der Waals surface area contributed by atoms with Crippen molar-refractivity contribution in [1.82, 2.24) is 14.5 Å². The number of ether oxygens (including phenoxy) is 1. The zero-order valence-corrected chi connectivity index (χ0v) is 21.4. The lowest BCUT2D eigenvalue weighted by atomic mass is 10.0. The maximum Gasteiger partial charge on any atom is 0.175 e. The van der Waals surface area contributed by atoms with Crippen LogP contribution in [0.3, 0.4) is 0 Å². The second-order valence-corrected chi connectivity index (χ2v) is 10.8. The van der Waals surface area contributed by atoms with Crippen LogP contribution >= 0.6 is 0 Å². The first-order valence-corrected chi connectivity index (χ1v) is 13.4. The molecule has 2 atom stereocenters. The fourth-order valence-corrected chi connectivity index (χ4v) is 4.85. The highest BCUT2D eigenvalue weighted by Gasteiger charge is 2.28. The molecule has 3 aromatic rings. The van der Waals surface area contributed by atoms with Crippen molar-refractivity contribution in [3.05, 3.63) is 54.2 Å². The minimum Gasteiger partial charge on any atom is -0.495 e. The Hall–Kier alpha value is -3.55. The molecule has 8 nitrogen and oxygen atoms in total. The molecule has 1 aromatic carbocycles. The van der Waals surface area contributed by atoms with Crippen molar-refractivity contribution in [2.45, 2.75) is 23.5 Å². The van der Waals surface area contributed by atoms with E-state index in [9.17, 15) is 12.8 Å². The number of rotatable bonds is 7. The maximum atomic E-state index is 14.6. The fourth-order valence-electron chi connectivity index (χ4n) is 4.22. The standard InChI is InChI=1S/C26H30FN5O3S/c1-5-19-21(8-7-14-28-23-12-11-18(36(4,33)34)16-25(23)35-3)30-32-24(19)9-6-10-26(32)29-22-13-15-31(2)17-20(22)27/h5-6,9-12,16,20,22,28-29H,1,13-15,17H2,2-4H3/t20-,22+/m0/s1. The number of methoxy groups -OCH3 is 1. The number of fused-ring (bicyclic) bond motifs is 1. The summed E-state index contributed by atoms with van der Waals surface area (Å²) in [5.41, 5.74) is 2.80. The van der Waals surface area contributed by atoms with Gasteiger partial charge in [-0.1, -0.05) is 24.6 Å². The van der Waals surface area contributed by atoms with Gasteiger partial charge in [0.2, 0.25) is 0 Å². The molecule has 2 aromatic heterocycles. The number of hydrogen-bond acceptors (Lipinski definition) is 7. The van der Waals surface area contributed by atoms with E-state index in [1.807, 2.05) is 30.1 Å². The van der Waals surface area contributed by atoms with Crippen molar-refractivity contribution in [1.29, 1.82) is 0 Å². The first-order valence-electron chi connectivity index (χ1n) is 11.6. The normalized spacial score (nSPS) is 18.3. The minimum atomic E-state index is -3.34. The number of benzene rings is 1. The Bertz CT molecular complexity index is 1440. The monoisotopic (exact) mass is 511 g/mol. The Kier molecular flexibility index (Phi) is 7.52. The minimum absolute atomic E-state index is 0.181. The van der Waals surface area contributed by atoms with Gasteiger partial charge in [0.25, 0.3) is 0 Å². The highest BCUT2D eigenvalue weighted by molar-refractivity contribution is 7.90. The fraction of sp³-hybridized carbons (Fsp3) is 0.346. The van der Waals surface area contributed by atoms with E-state index in [0.29, 0.717) is 35.9 Å². The van der Waals surface area contributed by atoms with E-state index >= 15 is 0 Å². The van der Waals surface area contributed by atoms with E-state index in [-0.39, 0.29) is 17.5 Å². The summed E-state index contributed by atoms with van der Waals surface area (Å²) in [5.74, 6) is 7.25. The highest BCUT2D eigenvalue weighted by Crippen LogP contribution is 2.27. The first-order chi connectivity index (χ1) is 17.2. The molecule has 36 heavy (non-hydrogen) atoms. The van der Waals surface area contributed by atoms with E-state index in [4.69, 9.17) is 4.74 Å². The van der Waals surface area contributed by atoms with Crippen molar-refractivity contribution < 1.29 is 17.5 Å². The van der Waals surface area contributed by atoms with E-state index in [2.05, 4.69) is 34.2 Å². The van der Waals surface area contributed by atoms with E-state index in [1.54, 1.807) is 16.7 Å². The lowest BCUT2D eigenvalue weighted by Gasteiger charge is -2.33. The Morgan fingerprint density at radius 2 is 2.14 bits per heavy atom. The molecular formula is C26H30FN5O3S. The number of likely N-dealkylation sites (tertiary alicyclic amines) is 1. The van der Waals surface area contributed by atoms with Gasteiger partial charge in [0.1, 0.15) is 23.4 Å². The average molecular weight is 512 g/mol. The zero-order valence-electron chi connectivity index (χ0n) is 20.6. The molecule has 3 heterocycles. The lowest BCUT2D eigenvalue weighted by Crippen LogP contribution is -2.46. The van der Waals surface area contributed by atoms with Crippen molar-refractivity contribution in [2.75, 3.05) is 50.7 Å². The van der Waals surface area contributed by atoms with Crippen molar-refractivity contribution in [3.63, 3.8) is 0 Å². The van der Waals surface area contributed by atoms with Gasteiger partial charge >= 0.3 is 0 Å². The third kappa shape index (κ3) is 5.48. The molecule has 1 aliphatic rings. The largest absolute Gasteiger partial charge is 0.495 e. The average Bonchev–Trinajstić information content (AvgIpc) is 3.21. The molecule has 10 heteroatoms. The Labute approximate surface area is 211 Å². The van der Waals surface area contributed by atoms with Crippen LogP contribution in [0.25, 0.3) is 11.6 Å². The molecule has 0 spiro atoms. The predicted molar refractivity (Wildman–Crippen MR) is 141 cm³/mol. The number of anilines is 2. The Balaban J connectivity index is 1.54. The molecule has 0 unspecified atom stereocenters. The molecule has 1 fully saturated rings. The van der Waals surface area contributed by atoms with Gasteiger partial charge in [-0.05, 0) is 43.7 Å². The summed E-state index contributed by atoms with van der Waals surface area (Å²) in [6.45, 7) is 5.43. The second-order valence-electron chi connectivity index (χ2n) is 8.78. The van der Waals surface area contributed by atoms with E-state index < -0.39 is 16.0 Å². The van der Waals surface area contributed by atoms with E-state index in [1.165, 1.54) is 19.2 Å². The molecule has 1 aliphatic heterocycles. The quantitative estimate of drug-likeness (QED) is 0.471. The number of sulfone groups is 1. The van der Waals surface area contributed by atoms with Gasteiger partial charge in [0.05, 0.1) is 35.8 Å². The van der Waals surface area contributed by atoms with Crippen molar-refractivity contribution in [3.8, 4) is 17.6 Å². The number of hydrogen-bond donors (Lipinski definition) is 2. The third-order valence-electron chi connectivity index (χ3n) is 6.15. The second kappa shape index (κ2) is 10.6. The molecule has 2 N–H and O–H groups in total. The lowest BCUT2D eigenvalue weighted by molar-refractivity contribution is 0.149. The van der Waals surface area contributed by atoms with Gasteiger partial charge in [-0.2, -0.15) is 5.10 Å². The molecule has 1 saturated heterocycles. The van der Waals surface area contributed by atoms with Crippen LogP contribution in [0.2, 0.25) is 0 Å². The summed E-state index contributed by atoms with van der Waals surface area (Å²) in [7, 11) is 0.0679. The van der Waals surface area contributed by atoms with Crippen LogP contribution in [0, 0.1) is 11.8 Å². The molecule has 0 radical (unpaired) electrons. The number of aromatic nitrogens is 2. The first kappa shape index (κ1) is 25.5. The van der Waals surface area contributed by atoms with Crippen LogP contribution in [-0.4, -0.2) is 75.2 Å². The highest BCUT2D eigenvalue weighted by atomic mass is 32.2. The topological polar surface area (TPSA) is 88.0 Å². The van der Waals surface area contributed by atoms with Crippen molar-refractivity contribution >= 4 is 32.9 Å². The molecule has 0 saturated carbocycles. The van der Waals surface area contributed by atoms with Crippen molar-refractivity contribution in [2.24, 2.45) is 0 Å². The van der Waals surface area contributed by atoms with Gasteiger partial charge in [-0.15, -0.1) is 0 Å². The predicted octanol–water partition coefficient (Wildman–Crippen LogP) is 3.31. The van der Waals surface area contributed by atoms with Crippen LogP contribution in [-0.2, 0) is 9.84 Å². The van der Waals surface area contributed by atoms with Crippen LogP contribution < -0.4 is 15.4 Å². The molecule has 0 bridgehead atoms. The summed E-state index contributed by atoms with van der Waals surface area (Å²) in [6.07, 6.45) is 2.60. The summed E-state index contributed by atoms with van der Waals surface area (Å²) < 4.78 is 45.2. The molecule has 190 valence electrons. The van der Waals surface area contributed by atoms with E-state index in [0.717, 1.165) is 23.9 Å². The summed E-state index contributed by atoms with van der Waals surface area (Å²) in [5, 5.41) is 11.1. The summed E-state index contributed by atoms with van der Waals surface area (Å²) >= 11 is 0. The maximum absolute atomic E-state index is 14.6. The summed E-state index contributed by atoms with van der Waals surface area (Å²) in [6, 6.07) is 10.1. The SMILES string of the molecule is C=Cc1c(C#CCNc2ccc(S(C)(=O)=O)cc2OC)nn2c(N[C@@H]3CCN(C)C[C@@H]3F)cccc12. The van der Waals surface area contributed by atoms with Gasteiger partial charge < -0.3 is 20.3 Å². The van der Waals surface area contributed by atoms with Crippen LogP contribution in [0.1, 0.15) is 17.7 Å². The number of piperidine rings is 1. The molecule has 4 rings (SSSR count). The zero-order chi connectivity index (χ0) is 25.9. The van der Waals surface area contributed by atoms with Crippen LogP contribution in [0.5, 0.6) is 5.75 Å². The number of nitrogens with one attached hydrogen (secondary N) is 2. The number of nitrogens with zero attached hydrogens (tertiary/aromatic N) is 3. The number of pyridine rings is 1. The van der Waals surface area contributed by atoms with Gasteiger partial charge in [0.15, 0.2) is 9.84 Å². The smallest absolute Gasteiger partial charge is 0.175 e. The van der Waals surface area contributed by atoms with Crippen LogP contribution in [0.4, 0.5) is 15.9 Å². The Morgan fingerprint density at radius 3 is 2.83 bits per heavy atom. The number of alkyl halides is 1. The number of halogens is 1. The Morgan fingerprint density at radius 1 is 1.33 bits per heavy atom. The third-order valence-corrected chi connectivity index (χ3v) is 7.26.